The highest BCUT2D eigenvalue weighted by atomic mass is 16.3. The molecule has 1 aliphatic carbocycles. The standard InChI is InChI=1S/C19H28N2O2/c1-18(15-22)9-6-12-21(14-18)13-17(23)20-19(10-5-11-19)16-7-3-2-4-8-16/h2-4,7-8,22H,5-6,9-15H2,1H3,(H,20,23). The Bertz CT molecular complexity index is 542. The lowest BCUT2D eigenvalue weighted by atomic mass is 9.72. The largest absolute Gasteiger partial charge is 0.396 e. The maximum atomic E-state index is 12.6. The predicted molar refractivity (Wildman–Crippen MR) is 91.0 cm³/mol. The fourth-order valence-electron chi connectivity index (χ4n) is 3.97. The number of nitrogens with zero attached hydrogens (tertiary/aromatic N) is 1. The molecule has 0 radical (unpaired) electrons. The third kappa shape index (κ3) is 3.59. The molecule has 2 aliphatic rings. The van der Waals surface area contributed by atoms with Gasteiger partial charge in [-0.3, -0.25) is 9.69 Å². The number of aliphatic hydroxyl groups is 1. The number of carbonyl (C=O) groups is 1. The Morgan fingerprint density at radius 1 is 1.22 bits per heavy atom. The monoisotopic (exact) mass is 316 g/mol. The number of amides is 1. The summed E-state index contributed by atoms with van der Waals surface area (Å²) >= 11 is 0. The first-order valence-corrected chi connectivity index (χ1v) is 8.75. The fourth-order valence-corrected chi connectivity index (χ4v) is 3.97. The quantitative estimate of drug-likeness (QED) is 0.876. The molecule has 4 heteroatoms. The predicted octanol–water partition coefficient (Wildman–Crippen LogP) is 2.28. The lowest BCUT2D eigenvalue weighted by Crippen LogP contribution is -2.54. The van der Waals surface area contributed by atoms with Gasteiger partial charge in [-0.1, -0.05) is 37.3 Å². The van der Waals surface area contributed by atoms with E-state index in [1.165, 1.54) is 12.0 Å². The molecule has 4 nitrogen and oxygen atoms in total. The second-order valence-corrected chi connectivity index (χ2v) is 7.63. The van der Waals surface area contributed by atoms with E-state index in [1.54, 1.807) is 0 Å². The van der Waals surface area contributed by atoms with Gasteiger partial charge in [-0.25, -0.2) is 0 Å². The number of piperidine rings is 1. The van der Waals surface area contributed by atoms with Crippen molar-refractivity contribution >= 4 is 5.91 Å². The molecule has 1 aromatic rings. The van der Waals surface area contributed by atoms with E-state index in [-0.39, 0.29) is 23.5 Å². The van der Waals surface area contributed by atoms with E-state index in [0.717, 1.165) is 38.8 Å². The van der Waals surface area contributed by atoms with Crippen LogP contribution < -0.4 is 5.32 Å². The number of rotatable bonds is 5. The summed E-state index contributed by atoms with van der Waals surface area (Å²) in [6, 6.07) is 10.3. The number of hydrogen-bond donors (Lipinski definition) is 2. The Morgan fingerprint density at radius 2 is 1.96 bits per heavy atom. The van der Waals surface area contributed by atoms with Gasteiger partial charge in [0.15, 0.2) is 0 Å². The highest BCUT2D eigenvalue weighted by molar-refractivity contribution is 5.79. The summed E-state index contributed by atoms with van der Waals surface area (Å²) in [7, 11) is 0. The van der Waals surface area contributed by atoms with E-state index in [4.69, 9.17) is 0 Å². The van der Waals surface area contributed by atoms with Crippen LogP contribution in [0.3, 0.4) is 0 Å². The van der Waals surface area contributed by atoms with Crippen LogP contribution in [0.25, 0.3) is 0 Å². The molecule has 1 amide bonds. The molecule has 1 unspecified atom stereocenters. The fraction of sp³-hybridized carbons (Fsp3) is 0.632. The van der Waals surface area contributed by atoms with Crippen molar-refractivity contribution in [3.05, 3.63) is 35.9 Å². The van der Waals surface area contributed by atoms with Crippen molar-refractivity contribution in [3.63, 3.8) is 0 Å². The molecule has 1 aliphatic heterocycles. The van der Waals surface area contributed by atoms with Crippen molar-refractivity contribution in [3.8, 4) is 0 Å². The molecule has 0 spiro atoms. The zero-order chi connectivity index (χ0) is 16.3. The van der Waals surface area contributed by atoms with Crippen molar-refractivity contribution in [1.82, 2.24) is 10.2 Å². The third-order valence-corrected chi connectivity index (χ3v) is 5.52. The van der Waals surface area contributed by atoms with E-state index >= 15 is 0 Å². The number of carbonyl (C=O) groups excluding carboxylic acids is 1. The molecule has 1 atom stereocenters. The minimum Gasteiger partial charge on any atom is -0.396 e. The average molecular weight is 316 g/mol. The molecule has 23 heavy (non-hydrogen) atoms. The molecule has 1 saturated carbocycles. The molecule has 3 rings (SSSR count). The molecule has 0 aromatic heterocycles. The minimum atomic E-state index is -0.158. The normalized spacial score (nSPS) is 27.2. The Hall–Kier alpha value is -1.39. The lowest BCUT2D eigenvalue weighted by Gasteiger charge is -2.44. The molecule has 1 saturated heterocycles. The van der Waals surface area contributed by atoms with Gasteiger partial charge in [0, 0.05) is 18.6 Å². The van der Waals surface area contributed by atoms with E-state index in [0.29, 0.717) is 6.54 Å². The lowest BCUT2D eigenvalue weighted by molar-refractivity contribution is -0.126. The van der Waals surface area contributed by atoms with E-state index < -0.39 is 0 Å². The van der Waals surface area contributed by atoms with Gasteiger partial charge in [0.1, 0.15) is 0 Å². The SMILES string of the molecule is CC1(CO)CCCN(CC(=O)NC2(c3ccccc3)CCC2)C1. The Labute approximate surface area is 138 Å². The van der Waals surface area contributed by atoms with E-state index in [9.17, 15) is 9.90 Å². The number of hydrogen-bond acceptors (Lipinski definition) is 3. The molecule has 1 aromatic carbocycles. The molecule has 2 N–H and O–H groups in total. The van der Waals surface area contributed by atoms with Crippen LogP contribution >= 0.6 is 0 Å². The van der Waals surface area contributed by atoms with Gasteiger partial charge in [0.05, 0.1) is 12.1 Å². The number of nitrogens with one attached hydrogen (secondary N) is 1. The number of aliphatic hydroxyl groups excluding tert-OH is 1. The first kappa shape index (κ1) is 16.5. The van der Waals surface area contributed by atoms with Crippen molar-refractivity contribution < 1.29 is 9.90 Å². The third-order valence-electron chi connectivity index (χ3n) is 5.52. The summed E-state index contributed by atoms with van der Waals surface area (Å²) in [6.07, 6.45) is 5.30. The highest BCUT2D eigenvalue weighted by Crippen LogP contribution is 2.41. The number of likely N-dealkylation sites (tertiary alicyclic amines) is 1. The highest BCUT2D eigenvalue weighted by Gasteiger charge is 2.40. The Morgan fingerprint density at radius 3 is 2.57 bits per heavy atom. The smallest absolute Gasteiger partial charge is 0.234 e. The van der Waals surface area contributed by atoms with Crippen LogP contribution in [-0.2, 0) is 10.3 Å². The van der Waals surface area contributed by atoms with Gasteiger partial charge in [-0.2, -0.15) is 0 Å². The summed E-state index contributed by atoms with van der Waals surface area (Å²) in [5, 5.41) is 12.9. The van der Waals surface area contributed by atoms with Gasteiger partial charge in [0.25, 0.3) is 0 Å². The molecule has 2 fully saturated rings. The van der Waals surface area contributed by atoms with Crippen molar-refractivity contribution in [1.29, 1.82) is 0 Å². The molecule has 1 heterocycles. The van der Waals surface area contributed by atoms with Crippen LogP contribution in [0.1, 0.15) is 44.6 Å². The van der Waals surface area contributed by atoms with Crippen LogP contribution in [0.15, 0.2) is 30.3 Å². The summed E-state index contributed by atoms with van der Waals surface area (Å²) < 4.78 is 0. The summed E-state index contributed by atoms with van der Waals surface area (Å²) in [4.78, 5) is 14.8. The summed E-state index contributed by atoms with van der Waals surface area (Å²) in [5.41, 5.74) is 0.999. The minimum absolute atomic E-state index is 0.0634. The second kappa shape index (κ2) is 6.62. The van der Waals surface area contributed by atoms with Gasteiger partial charge >= 0.3 is 0 Å². The van der Waals surface area contributed by atoms with Crippen LogP contribution in [0, 0.1) is 5.41 Å². The zero-order valence-corrected chi connectivity index (χ0v) is 14.1. The molecular weight excluding hydrogens is 288 g/mol. The van der Waals surface area contributed by atoms with Crippen LogP contribution in [0.5, 0.6) is 0 Å². The van der Waals surface area contributed by atoms with Gasteiger partial charge in [0.2, 0.25) is 5.91 Å². The maximum Gasteiger partial charge on any atom is 0.234 e. The summed E-state index contributed by atoms with van der Waals surface area (Å²) in [6.45, 7) is 4.48. The van der Waals surface area contributed by atoms with Crippen LogP contribution in [0.2, 0.25) is 0 Å². The Balaban J connectivity index is 1.61. The zero-order valence-electron chi connectivity index (χ0n) is 14.1. The van der Waals surface area contributed by atoms with Crippen molar-refractivity contribution in [2.75, 3.05) is 26.2 Å². The van der Waals surface area contributed by atoms with Crippen LogP contribution in [-0.4, -0.2) is 42.2 Å². The van der Waals surface area contributed by atoms with Gasteiger partial charge in [-0.15, -0.1) is 0 Å². The first-order chi connectivity index (χ1) is 11.1. The maximum absolute atomic E-state index is 12.6. The summed E-state index contributed by atoms with van der Waals surface area (Å²) in [5.74, 6) is 0.107. The van der Waals surface area contributed by atoms with E-state index in [1.807, 2.05) is 18.2 Å². The Kier molecular flexibility index (Phi) is 4.74. The first-order valence-electron chi connectivity index (χ1n) is 8.75. The molecule has 126 valence electrons. The van der Waals surface area contributed by atoms with Crippen LogP contribution in [0.4, 0.5) is 0 Å². The van der Waals surface area contributed by atoms with Gasteiger partial charge < -0.3 is 10.4 Å². The van der Waals surface area contributed by atoms with E-state index in [2.05, 4.69) is 29.3 Å². The number of benzene rings is 1. The van der Waals surface area contributed by atoms with Crippen molar-refractivity contribution in [2.24, 2.45) is 5.41 Å². The van der Waals surface area contributed by atoms with Crippen molar-refractivity contribution in [2.45, 2.75) is 44.6 Å². The van der Waals surface area contributed by atoms with Gasteiger partial charge in [-0.05, 0) is 44.2 Å². The topological polar surface area (TPSA) is 52.6 Å². The molecule has 0 bridgehead atoms. The average Bonchev–Trinajstić information content (AvgIpc) is 2.52. The molecular formula is C19H28N2O2. The second-order valence-electron chi connectivity index (χ2n) is 7.63.